The average Bonchev–Trinajstić information content (AvgIpc) is 3.31. The fraction of sp³-hybridized carbons (Fsp3) is 0.233. The van der Waals surface area contributed by atoms with E-state index < -0.39 is 17.5 Å². The van der Waals surface area contributed by atoms with Gasteiger partial charge in [0.1, 0.15) is 6.61 Å². The Bertz CT molecular complexity index is 1760. The minimum Gasteiger partial charge on any atom is -0.457 e. The molecule has 2 aliphatic rings. The van der Waals surface area contributed by atoms with E-state index in [9.17, 15) is 14.4 Å². The van der Waals surface area contributed by atoms with Crippen molar-refractivity contribution >= 4 is 22.8 Å². The Kier molecular flexibility index (Phi) is 5.39. The van der Waals surface area contributed by atoms with Crippen LogP contribution in [0.3, 0.4) is 0 Å². The highest BCUT2D eigenvalue weighted by Crippen LogP contribution is 2.42. The van der Waals surface area contributed by atoms with Crippen LogP contribution in [0.4, 0.5) is 0 Å². The first-order valence-corrected chi connectivity index (χ1v) is 12.5. The Labute approximate surface area is 218 Å². The number of cyclic esters (lactones) is 1. The summed E-state index contributed by atoms with van der Waals surface area (Å²) in [5, 5.41) is 10.1. The molecule has 0 fully saturated rings. The second-order valence-corrected chi connectivity index (χ2v) is 9.44. The van der Waals surface area contributed by atoms with Gasteiger partial charge in [-0.25, -0.2) is 14.6 Å². The lowest BCUT2D eigenvalue weighted by molar-refractivity contribution is -0.173. The van der Waals surface area contributed by atoms with Gasteiger partial charge in [-0.15, -0.1) is 0 Å². The Morgan fingerprint density at radius 2 is 1.89 bits per heavy atom. The first-order chi connectivity index (χ1) is 18.4. The van der Waals surface area contributed by atoms with Gasteiger partial charge in [-0.3, -0.25) is 4.79 Å². The lowest BCUT2D eigenvalue weighted by atomic mass is 9.85. The van der Waals surface area contributed by atoms with Crippen molar-refractivity contribution in [1.82, 2.24) is 9.55 Å². The minimum atomic E-state index is -1.79. The highest BCUT2D eigenvalue weighted by molar-refractivity contribution is 5.94. The fourth-order valence-corrected chi connectivity index (χ4v) is 5.57. The number of carbonyl (C=O) groups is 2. The third-order valence-electron chi connectivity index (χ3n) is 7.55. The number of nitrogens with zero attached hydrogens (tertiary/aromatic N) is 3. The van der Waals surface area contributed by atoms with Crippen LogP contribution in [0.15, 0.2) is 59.4 Å². The summed E-state index contributed by atoms with van der Waals surface area (Å²) in [4.78, 5) is 45.1. The largest absolute Gasteiger partial charge is 0.457 e. The lowest BCUT2D eigenvalue weighted by Crippen LogP contribution is -2.47. The van der Waals surface area contributed by atoms with E-state index in [4.69, 9.17) is 19.7 Å². The monoisotopic (exact) mass is 505 g/mol. The molecular weight excluding hydrogens is 482 g/mol. The van der Waals surface area contributed by atoms with Crippen molar-refractivity contribution in [3.63, 3.8) is 0 Å². The van der Waals surface area contributed by atoms with Crippen molar-refractivity contribution in [3.05, 3.63) is 98.3 Å². The number of carbonyl (C=O) groups excluding carboxylic acids is 2. The summed E-state index contributed by atoms with van der Waals surface area (Å²) in [6, 6.07) is 17.6. The number of pyridine rings is 2. The number of fused-ring (bicyclic) bond motifs is 5. The average molecular weight is 506 g/mol. The molecule has 0 saturated heterocycles. The van der Waals surface area contributed by atoms with E-state index in [-0.39, 0.29) is 24.2 Å². The smallest absolute Gasteiger partial charge is 0.355 e. The maximum Gasteiger partial charge on any atom is 0.355 e. The van der Waals surface area contributed by atoms with E-state index in [1.54, 1.807) is 17.6 Å². The molecule has 0 bridgehead atoms. The van der Waals surface area contributed by atoms with E-state index >= 15 is 0 Å². The zero-order valence-electron chi connectivity index (χ0n) is 20.9. The van der Waals surface area contributed by atoms with Gasteiger partial charge >= 0.3 is 11.9 Å². The number of para-hydroxylation sites is 1. The van der Waals surface area contributed by atoms with Gasteiger partial charge in [-0.1, -0.05) is 32.0 Å². The number of aryl methyl sites for hydroxylation is 1. The first-order valence-electron chi connectivity index (χ1n) is 12.5. The third kappa shape index (κ3) is 3.28. The fourth-order valence-electron chi connectivity index (χ4n) is 5.57. The van der Waals surface area contributed by atoms with E-state index in [1.807, 2.05) is 30.3 Å². The van der Waals surface area contributed by atoms with Gasteiger partial charge in [0, 0.05) is 16.5 Å². The van der Waals surface area contributed by atoms with Crippen LogP contribution in [-0.4, -0.2) is 21.5 Å². The number of benzene rings is 2. The summed E-state index contributed by atoms with van der Waals surface area (Å²) in [5.74, 6) is -1.47. The summed E-state index contributed by atoms with van der Waals surface area (Å²) < 4.78 is 13.0. The van der Waals surface area contributed by atoms with Gasteiger partial charge < -0.3 is 14.0 Å². The van der Waals surface area contributed by atoms with Gasteiger partial charge in [0.15, 0.2) is 0 Å². The number of nitriles is 1. The van der Waals surface area contributed by atoms with E-state index in [2.05, 4.69) is 6.92 Å². The summed E-state index contributed by atoms with van der Waals surface area (Å²) in [6.07, 6.45) is 0.846. The van der Waals surface area contributed by atoms with Crippen molar-refractivity contribution in [2.24, 2.45) is 0 Å². The normalized spacial score (nSPS) is 17.2. The molecule has 2 aromatic heterocycles. The zero-order chi connectivity index (χ0) is 26.6. The maximum atomic E-state index is 13.8. The molecule has 38 heavy (non-hydrogen) atoms. The molecular formula is C30H23N3O5. The predicted octanol–water partition coefficient (Wildman–Crippen LogP) is 4.38. The molecule has 6 rings (SSSR count). The number of ether oxygens (including phenoxy) is 2. The van der Waals surface area contributed by atoms with E-state index in [0.29, 0.717) is 34.6 Å². The van der Waals surface area contributed by atoms with Crippen LogP contribution in [0.1, 0.15) is 58.4 Å². The van der Waals surface area contributed by atoms with Crippen LogP contribution < -0.4 is 5.56 Å². The molecule has 4 heterocycles. The van der Waals surface area contributed by atoms with Crippen molar-refractivity contribution in [2.75, 3.05) is 0 Å². The molecule has 0 amide bonds. The van der Waals surface area contributed by atoms with E-state index in [1.165, 1.54) is 24.3 Å². The van der Waals surface area contributed by atoms with Gasteiger partial charge in [-0.05, 0) is 54.8 Å². The number of aromatic nitrogens is 2. The predicted molar refractivity (Wildman–Crippen MR) is 138 cm³/mol. The van der Waals surface area contributed by atoms with Crippen LogP contribution in [0.2, 0.25) is 0 Å². The number of rotatable bonds is 4. The molecule has 0 unspecified atom stereocenters. The van der Waals surface area contributed by atoms with Crippen LogP contribution in [0.5, 0.6) is 0 Å². The molecule has 1 atom stereocenters. The standard InChI is InChI=1S/C30H23N3O5/c1-3-19-20-7-5-6-8-24(20)32-26-21(19)15-33-25(26)13-23-22(27(33)34)16-37-29(36)30(23,4-2)38-28(35)18-11-9-17(14-31)10-12-18/h5-13H,3-4,15-16H2,1-2H3/t30-/m0/s1. The molecule has 2 aromatic carbocycles. The SMILES string of the molecule is CCc1c2c(nc3ccccc13)-c1cc3c(c(=O)n1C2)COC(=O)[C@@]3(CC)OC(=O)c1ccc(C#N)cc1. The molecule has 8 nitrogen and oxygen atoms in total. The van der Waals surface area contributed by atoms with Crippen molar-refractivity contribution in [2.45, 2.75) is 45.4 Å². The van der Waals surface area contributed by atoms with Gasteiger partial charge in [-0.2, -0.15) is 5.26 Å². The van der Waals surface area contributed by atoms with Gasteiger partial charge in [0.05, 0.1) is 46.2 Å². The van der Waals surface area contributed by atoms with E-state index in [0.717, 1.165) is 28.5 Å². The molecule has 0 radical (unpaired) electrons. The summed E-state index contributed by atoms with van der Waals surface area (Å²) in [5.41, 5.74) is 3.34. The van der Waals surface area contributed by atoms with Crippen LogP contribution in [-0.2, 0) is 39.4 Å². The highest BCUT2D eigenvalue weighted by Gasteiger charge is 2.50. The van der Waals surface area contributed by atoms with Crippen molar-refractivity contribution < 1.29 is 19.1 Å². The quantitative estimate of drug-likeness (QED) is 0.333. The van der Waals surface area contributed by atoms with Crippen LogP contribution in [0, 0.1) is 11.3 Å². The Balaban J connectivity index is 1.53. The summed E-state index contributed by atoms with van der Waals surface area (Å²) in [6.45, 7) is 3.96. The molecule has 0 N–H and O–H groups in total. The molecule has 4 aromatic rings. The van der Waals surface area contributed by atoms with Crippen molar-refractivity contribution in [3.8, 4) is 17.5 Å². The van der Waals surface area contributed by atoms with Crippen LogP contribution >= 0.6 is 0 Å². The Morgan fingerprint density at radius 3 is 2.61 bits per heavy atom. The number of hydrogen-bond acceptors (Lipinski definition) is 7. The second-order valence-electron chi connectivity index (χ2n) is 9.44. The maximum absolute atomic E-state index is 13.8. The van der Waals surface area contributed by atoms with Crippen LogP contribution in [0.25, 0.3) is 22.3 Å². The first kappa shape index (κ1) is 23.6. The molecule has 0 saturated carbocycles. The minimum absolute atomic E-state index is 0.0714. The Hall–Kier alpha value is -4.77. The van der Waals surface area contributed by atoms with Gasteiger partial charge in [0.25, 0.3) is 5.56 Å². The molecule has 188 valence electrons. The molecule has 0 spiro atoms. The third-order valence-corrected chi connectivity index (χ3v) is 7.55. The number of esters is 2. The zero-order valence-corrected chi connectivity index (χ0v) is 20.9. The van der Waals surface area contributed by atoms with Gasteiger partial charge in [0.2, 0.25) is 5.60 Å². The summed E-state index contributed by atoms with van der Waals surface area (Å²) >= 11 is 0. The second kappa shape index (κ2) is 8.67. The Morgan fingerprint density at radius 1 is 1.13 bits per heavy atom. The summed E-state index contributed by atoms with van der Waals surface area (Å²) in [7, 11) is 0. The van der Waals surface area contributed by atoms with Crippen molar-refractivity contribution in [1.29, 1.82) is 5.26 Å². The lowest BCUT2D eigenvalue weighted by Gasteiger charge is -2.35. The molecule has 8 heteroatoms. The number of hydrogen-bond donors (Lipinski definition) is 0. The highest BCUT2D eigenvalue weighted by atomic mass is 16.6. The molecule has 2 aliphatic heterocycles. The topological polar surface area (TPSA) is 111 Å². The molecule has 0 aliphatic carbocycles.